The van der Waals surface area contributed by atoms with E-state index in [2.05, 4.69) is 4.74 Å². The van der Waals surface area contributed by atoms with Gasteiger partial charge in [-0.25, -0.2) is 4.79 Å². The van der Waals surface area contributed by atoms with Gasteiger partial charge in [-0.15, -0.1) is 0 Å². The lowest BCUT2D eigenvalue weighted by molar-refractivity contribution is -0.148. The van der Waals surface area contributed by atoms with E-state index in [0.29, 0.717) is 18.7 Å². The highest BCUT2D eigenvalue weighted by Crippen LogP contribution is 2.25. The second-order valence-electron chi connectivity index (χ2n) is 6.00. The van der Waals surface area contributed by atoms with Gasteiger partial charge in [-0.1, -0.05) is 12.1 Å². The number of esters is 1. The Bertz CT molecular complexity index is 584. The largest absolute Gasteiger partial charge is 0.465 e. The minimum atomic E-state index is -4.30. The Morgan fingerprint density at radius 2 is 1.92 bits per heavy atom. The highest BCUT2D eigenvalue weighted by atomic mass is 19.4. The molecule has 0 saturated carbocycles. The van der Waals surface area contributed by atoms with Crippen LogP contribution in [0, 0.1) is 5.92 Å². The van der Waals surface area contributed by atoms with Crippen molar-refractivity contribution in [3.8, 4) is 0 Å². The van der Waals surface area contributed by atoms with Crippen LogP contribution in [0.3, 0.4) is 0 Å². The van der Waals surface area contributed by atoms with Crippen LogP contribution >= 0.6 is 0 Å². The Balaban J connectivity index is 1.83. The highest BCUT2D eigenvalue weighted by Gasteiger charge is 2.31. The van der Waals surface area contributed by atoms with Gasteiger partial charge in [0, 0.05) is 19.5 Å². The molecule has 1 amide bonds. The molecule has 0 spiro atoms. The summed E-state index contributed by atoms with van der Waals surface area (Å²) in [5.41, 5.74) is 1.49. The monoisotopic (exact) mass is 343 g/mol. The minimum Gasteiger partial charge on any atom is -0.465 e. The van der Waals surface area contributed by atoms with Crippen molar-refractivity contribution in [2.24, 2.45) is 5.92 Å². The summed E-state index contributed by atoms with van der Waals surface area (Å²) in [6.45, 7) is 0.983. The van der Waals surface area contributed by atoms with E-state index >= 15 is 0 Å². The summed E-state index contributed by atoms with van der Waals surface area (Å²) in [5.74, 6) is -0.608. The number of benzene rings is 1. The fourth-order valence-corrected chi connectivity index (χ4v) is 2.86. The van der Waals surface area contributed by atoms with E-state index in [4.69, 9.17) is 0 Å². The van der Waals surface area contributed by atoms with Gasteiger partial charge < -0.3 is 9.64 Å². The molecule has 1 heterocycles. The molecule has 1 atom stereocenters. The molecule has 1 aliphatic heterocycles. The maximum Gasteiger partial charge on any atom is 0.389 e. The molecule has 24 heavy (non-hydrogen) atoms. The molecular formula is C17H20F3NO3. The lowest BCUT2D eigenvalue weighted by Crippen LogP contribution is -2.29. The predicted octanol–water partition coefficient (Wildman–Crippen LogP) is 3.21. The highest BCUT2D eigenvalue weighted by molar-refractivity contribution is 5.89. The molecule has 1 saturated heterocycles. The SMILES string of the molecule is COC(=O)c1ccc(CC2CCN(C(=O)CCC(F)(F)F)C2)cc1. The van der Waals surface area contributed by atoms with Crippen molar-refractivity contribution >= 4 is 11.9 Å². The standard InChI is InChI=1S/C17H20F3NO3/c1-24-16(23)14-4-2-12(3-5-14)10-13-7-9-21(11-13)15(22)6-8-17(18,19)20/h2-5,13H,6-11H2,1H3. The first-order valence-electron chi connectivity index (χ1n) is 7.80. The molecule has 7 heteroatoms. The molecule has 1 aromatic carbocycles. The van der Waals surface area contributed by atoms with Crippen LogP contribution in [0.4, 0.5) is 13.2 Å². The zero-order valence-corrected chi connectivity index (χ0v) is 13.4. The topological polar surface area (TPSA) is 46.6 Å². The number of methoxy groups -OCH3 is 1. The number of alkyl halides is 3. The molecule has 1 aromatic rings. The van der Waals surface area contributed by atoms with E-state index in [0.717, 1.165) is 18.4 Å². The van der Waals surface area contributed by atoms with Crippen LogP contribution in [0.25, 0.3) is 0 Å². The van der Waals surface area contributed by atoms with E-state index in [9.17, 15) is 22.8 Å². The summed E-state index contributed by atoms with van der Waals surface area (Å²) >= 11 is 0. The maximum atomic E-state index is 12.2. The number of carbonyl (C=O) groups is 2. The molecule has 0 radical (unpaired) electrons. The number of carbonyl (C=O) groups excluding carboxylic acids is 2. The Hall–Kier alpha value is -2.05. The summed E-state index contributed by atoms with van der Waals surface area (Å²) in [5, 5.41) is 0. The van der Waals surface area contributed by atoms with Gasteiger partial charge in [0.15, 0.2) is 0 Å². The molecule has 1 fully saturated rings. The molecule has 2 rings (SSSR count). The molecule has 0 N–H and O–H groups in total. The van der Waals surface area contributed by atoms with Crippen LogP contribution in [0.2, 0.25) is 0 Å². The van der Waals surface area contributed by atoms with Crippen LogP contribution < -0.4 is 0 Å². The van der Waals surface area contributed by atoms with Gasteiger partial charge in [-0.2, -0.15) is 13.2 Å². The molecule has 4 nitrogen and oxygen atoms in total. The first-order chi connectivity index (χ1) is 11.3. The number of rotatable bonds is 5. The second kappa shape index (κ2) is 7.68. The number of amides is 1. The summed E-state index contributed by atoms with van der Waals surface area (Å²) < 4.78 is 41.2. The molecule has 0 aliphatic carbocycles. The number of hydrogen-bond donors (Lipinski definition) is 0. The molecular weight excluding hydrogens is 323 g/mol. The van der Waals surface area contributed by atoms with Crippen molar-refractivity contribution in [1.29, 1.82) is 0 Å². The summed E-state index contributed by atoms with van der Waals surface area (Å²) in [6.07, 6.45) is -4.34. The number of hydrogen-bond acceptors (Lipinski definition) is 3. The molecule has 0 bridgehead atoms. The van der Waals surface area contributed by atoms with E-state index in [-0.39, 0.29) is 5.92 Å². The average Bonchev–Trinajstić information content (AvgIpc) is 3.00. The quantitative estimate of drug-likeness (QED) is 0.772. The van der Waals surface area contributed by atoms with Gasteiger partial charge in [0.05, 0.1) is 19.1 Å². The Kier molecular flexibility index (Phi) is 5.85. The average molecular weight is 343 g/mol. The summed E-state index contributed by atoms with van der Waals surface area (Å²) in [7, 11) is 1.32. The Morgan fingerprint density at radius 1 is 1.25 bits per heavy atom. The number of halogens is 3. The van der Waals surface area contributed by atoms with Gasteiger partial charge >= 0.3 is 12.1 Å². The van der Waals surface area contributed by atoms with E-state index in [1.807, 2.05) is 12.1 Å². The lowest BCUT2D eigenvalue weighted by Gasteiger charge is -2.17. The van der Waals surface area contributed by atoms with Gasteiger partial charge in [0.1, 0.15) is 0 Å². The fourth-order valence-electron chi connectivity index (χ4n) is 2.86. The van der Waals surface area contributed by atoms with Crippen LogP contribution in [0.5, 0.6) is 0 Å². The van der Waals surface area contributed by atoms with E-state index < -0.39 is 30.9 Å². The maximum absolute atomic E-state index is 12.2. The van der Waals surface area contributed by atoms with Crippen LogP contribution in [0.1, 0.15) is 35.2 Å². The predicted molar refractivity (Wildman–Crippen MR) is 81.5 cm³/mol. The zero-order chi connectivity index (χ0) is 17.7. The van der Waals surface area contributed by atoms with E-state index in [1.165, 1.54) is 12.0 Å². The zero-order valence-electron chi connectivity index (χ0n) is 13.4. The van der Waals surface area contributed by atoms with Crippen molar-refractivity contribution < 1.29 is 27.5 Å². The van der Waals surface area contributed by atoms with Crippen LogP contribution in [0.15, 0.2) is 24.3 Å². The fraction of sp³-hybridized carbons (Fsp3) is 0.529. The minimum absolute atomic E-state index is 0.226. The van der Waals surface area contributed by atoms with Crippen LogP contribution in [-0.2, 0) is 16.0 Å². The number of likely N-dealkylation sites (tertiary alicyclic amines) is 1. The normalized spacial score (nSPS) is 17.8. The third-order valence-corrected chi connectivity index (χ3v) is 4.16. The second-order valence-corrected chi connectivity index (χ2v) is 6.00. The third-order valence-electron chi connectivity index (χ3n) is 4.16. The Labute approximate surface area is 138 Å². The van der Waals surface area contributed by atoms with Crippen molar-refractivity contribution in [2.75, 3.05) is 20.2 Å². The molecule has 132 valence electrons. The first kappa shape index (κ1) is 18.3. The van der Waals surface area contributed by atoms with Crippen LogP contribution in [-0.4, -0.2) is 43.2 Å². The smallest absolute Gasteiger partial charge is 0.389 e. The first-order valence-corrected chi connectivity index (χ1v) is 7.80. The van der Waals surface area contributed by atoms with Crippen molar-refractivity contribution in [1.82, 2.24) is 4.90 Å². The molecule has 1 unspecified atom stereocenters. The van der Waals surface area contributed by atoms with Gasteiger partial charge in [0.25, 0.3) is 0 Å². The van der Waals surface area contributed by atoms with E-state index in [1.54, 1.807) is 12.1 Å². The van der Waals surface area contributed by atoms with Crippen molar-refractivity contribution in [3.05, 3.63) is 35.4 Å². The number of ether oxygens (including phenoxy) is 1. The number of nitrogens with zero attached hydrogens (tertiary/aromatic N) is 1. The molecule has 1 aliphatic rings. The van der Waals surface area contributed by atoms with Gasteiger partial charge in [0.2, 0.25) is 5.91 Å². The lowest BCUT2D eigenvalue weighted by atomic mass is 9.98. The summed E-state index contributed by atoms with van der Waals surface area (Å²) in [4.78, 5) is 24.7. The van der Waals surface area contributed by atoms with Gasteiger partial charge in [-0.3, -0.25) is 4.79 Å². The van der Waals surface area contributed by atoms with Crippen molar-refractivity contribution in [2.45, 2.75) is 31.9 Å². The Morgan fingerprint density at radius 3 is 2.50 bits per heavy atom. The third kappa shape index (κ3) is 5.25. The summed E-state index contributed by atoms with van der Waals surface area (Å²) in [6, 6.07) is 7.03. The molecule has 0 aromatic heterocycles. The van der Waals surface area contributed by atoms with Gasteiger partial charge in [-0.05, 0) is 36.5 Å². The van der Waals surface area contributed by atoms with Crippen molar-refractivity contribution in [3.63, 3.8) is 0 Å².